The molecule has 0 radical (unpaired) electrons. The molecule has 0 saturated heterocycles. The number of ether oxygens (including phenoxy) is 1. The molecule has 0 amide bonds. The van der Waals surface area contributed by atoms with E-state index in [-0.39, 0.29) is 72.3 Å². The first-order valence-electron chi connectivity index (χ1n) is 4.33. The van der Waals surface area contributed by atoms with Crippen LogP contribution in [0.15, 0.2) is 24.3 Å². The number of rotatable bonds is 5. The molecule has 0 atom stereocenters. The van der Waals surface area contributed by atoms with E-state index in [0.717, 1.165) is 5.56 Å². The molecular weight excluding hydrogens is 265 g/mol. The first kappa shape index (κ1) is 20.4. The maximum Gasteiger partial charge on any atom is 1.00 e. The molecule has 0 N–H and O–H groups in total. The van der Waals surface area contributed by atoms with Crippen molar-refractivity contribution in [2.45, 2.75) is 6.92 Å². The van der Waals surface area contributed by atoms with Crippen LogP contribution in [0.3, 0.4) is 0 Å². The molecule has 0 spiro atoms. The molecule has 0 heterocycles. The third-order valence-electron chi connectivity index (χ3n) is 1.62. The van der Waals surface area contributed by atoms with E-state index < -0.39 is 7.82 Å². The molecule has 0 saturated carbocycles. The van der Waals surface area contributed by atoms with E-state index in [4.69, 9.17) is 4.74 Å². The maximum atomic E-state index is 10.1. The van der Waals surface area contributed by atoms with Crippen molar-refractivity contribution >= 4 is 7.82 Å². The predicted molar refractivity (Wildman–Crippen MR) is 50.2 cm³/mol. The van der Waals surface area contributed by atoms with Crippen molar-refractivity contribution in [2.75, 3.05) is 13.2 Å². The summed E-state index contributed by atoms with van der Waals surface area (Å²) in [5, 5.41) is 0. The summed E-state index contributed by atoms with van der Waals surface area (Å²) < 4.78 is 19.2. The predicted octanol–water partition coefficient (Wildman–Crippen LogP) is -5.77. The normalized spacial score (nSPS) is 10.1. The molecular formula is C9H11Na2O5P. The quantitative estimate of drug-likeness (QED) is 0.304. The van der Waals surface area contributed by atoms with Crippen LogP contribution in [0.5, 0.6) is 5.75 Å². The molecule has 1 rings (SSSR count). The van der Waals surface area contributed by atoms with Gasteiger partial charge < -0.3 is 23.6 Å². The molecule has 0 bridgehead atoms. The number of phosphoric ester groups is 1. The van der Waals surface area contributed by atoms with E-state index in [0.29, 0.717) is 5.75 Å². The van der Waals surface area contributed by atoms with Gasteiger partial charge in [0, 0.05) is 0 Å². The Hall–Kier alpha value is 1.13. The van der Waals surface area contributed by atoms with Crippen LogP contribution in [0.4, 0.5) is 0 Å². The van der Waals surface area contributed by atoms with Gasteiger partial charge in [-0.15, -0.1) is 0 Å². The molecule has 8 heteroatoms. The average molecular weight is 276 g/mol. The Morgan fingerprint density at radius 3 is 2.12 bits per heavy atom. The second-order valence-electron chi connectivity index (χ2n) is 2.94. The van der Waals surface area contributed by atoms with E-state index in [1.54, 1.807) is 12.1 Å². The SMILES string of the molecule is Cc1ccc(OCCOP(=O)([O-])[O-])cc1.[Na+].[Na+]. The van der Waals surface area contributed by atoms with Gasteiger partial charge >= 0.3 is 59.1 Å². The summed E-state index contributed by atoms with van der Waals surface area (Å²) in [5.74, 6) is 0.607. The van der Waals surface area contributed by atoms with Gasteiger partial charge in [0.05, 0.1) is 14.4 Å². The molecule has 0 aliphatic carbocycles. The zero-order valence-corrected chi connectivity index (χ0v) is 15.1. The van der Waals surface area contributed by atoms with Crippen LogP contribution in [-0.4, -0.2) is 13.2 Å². The summed E-state index contributed by atoms with van der Waals surface area (Å²) in [4.78, 5) is 20.2. The van der Waals surface area contributed by atoms with E-state index in [9.17, 15) is 14.4 Å². The van der Waals surface area contributed by atoms with Crippen molar-refractivity contribution in [3.8, 4) is 5.75 Å². The summed E-state index contributed by atoms with van der Waals surface area (Å²) in [6.07, 6.45) is 0. The standard InChI is InChI=1S/C9H13O5P.2Na/c1-8-2-4-9(5-3-8)13-6-7-14-15(10,11)12;;/h2-5H,6-7H2,1H3,(H2,10,11,12);;/q;2*+1/p-2. The monoisotopic (exact) mass is 276 g/mol. The molecule has 0 aliphatic heterocycles. The van der Waals surface area contributed by atoms with Crippen LogP contribution >= 0.6 is 7.82 Å². The third kappa shape index (κ3) is 10.7. The van der Waals surface area contributed by atoms with Crippen LogP contribution in [0.25, 0.3) is 0 Å². The van der Waals surface area contributed by atoms with Gasteiger partial charge in [-0.2, -0.15) is 0 Å². The molecule has 0 aromatic heterocycles. The molecule has 84 valence electrons. The molecule has 1 aromatic carbocycles. The summed E-state index contributed by atoms with van der Waals surface area (Å²) in [7, 11) is -4.87. The van der Waals surface area contributed by atoms with Crippen molar-refractivity contribution in [1.29, 1.82) is 0 Å². The maximum absolute atomic E-state index is 10.1. The minimum atomic E-state index is -4.87. The number of phosphoric acid groups is 1. The molecule has 5 nitrogen and oxygen atoms in total. The van der Waals surface area contributed by atoms with E-state index in [1.165, 1.54) is 0 Å². The number of hydrogen-bond donors (Lipinski definition) is 0. The minimum absolute atomic E-state index is 0. The fourth-order valence-corrected chi connectivity index (χ4v) is 1.24. The fraction of sp³-hybridized carbons (Fsp3) is 0.333. The zero-order chi connectivity index (χ0) is 11.3. The van der Waals surface area contributed by atoms with Gasteiger partial charge in [0.25, 0.3) is 0 Å². The molecule has 0 fully saturated rings. The first-order chi connectivity index (χ1) is 6.97. The van der Waals surface area contributed by atoms with Crippen molar-refractivity contribution in [3.63, 3.8) is 0 Å². The van der Waals surface area contributed by atoms with Gasteiger partial charge in [0.2, 0.25) is 0 Å². The number of benzene rings is 1. The topological polar surface area (TPSA) is 81.7 Å². The summed E-state index contributed by atoms with van der Waals surface area (Å²) in [6.45, 7) is 1.70. The van der Waals surface area contributed by atoms with Crippen molar-refractivity contribution < 1.29 is 82.7 Å². The Morgan fingerprint density at radius 1 is 1.12 bits per heavy atom. The Kier molecular flexibility index (Phi) is 12.0. The third-order valence-corrected chi connectivity index (χ3v) is 2.12. The van der Waals surface area contributed by atoms with Crippen LogP contribution in [0.1, 0.15) is 5.56 Å². The minimum Gasteiger partial charge on any atom is -0.790 e. The van der Waals surface area contributed by atoms with Crippen molar-refractivity contribution in [2.24, 2.45) is 0 Å². The van der Waals surface area contributed by atoms with Crippen LogP contribution in [0.2, 0.25) is 0 Å². The second kappa shape index (κ2) is 9.98. The average Bonchev–Trinajstić information content (AvgIpc) is 2.14. The van der Waals surface area contributed by atoms with Gasteiger partial charge in [0.15, 0.2) is 0 Å². The van der Waals surface area contributed by atoms with Crippen LogP contribution in [0, 0.1) is 6.92 Å². The number of hydrogen-bond acceptors (Lipinski definition) is 5. The molecule has 17 heavy (non-hydrogen) atoms. The Morgan fingerprint density at radius 2 is 1.65 bits per heavy atom. The van der Waals surface area contributed by atoms with Crippen LogP contribution in [-0.2, 0) is 9.09 Å². The van der Waals surface area contributed by atoms with E-state index in [2.05, 4.69) is 4.52 Å². The summed E-state index contributed by atoms with van der Waals surface area (Å²) in [6, 6.07) is 7.23. The molecule has 1 aromatic rings. The number of aryl methyl sites for hydroxylation is 1. The van der Waals surface area contributed by atoms with E-state index >= 15 is 0 Å². The van der Waals surface area contributed by atoms with Gasteiger partial charge in [-0.1, -0.05) is 17.7 Å². The molecule has 0 unspecified atom stereocenters. The molecule has 0 aliphatic rings. The Labute approximate surface area is 145 Å². The Bertz CT molecular complexity index is 351. The van der Waals surface area contributed by atoms with Gasteiger partial charge in [-0.25, -0.2) is 0 Å². The summed E-state index contributed by atoms with van der Waals surface area (Å²) >= 11 is 0. The van der Waals surface area contributed by atoms with Crippen LogP contribution < -0.4 is 73.6 Å². The summed E-state index contributed by atoms with van der Waals surface area (Å²) in [5.41, 5.74) is 1.10. The van der Waals surface area contributed by atoms with E-state index in [1.807, 2.05) is 19.1 Å². The first-order valence-corrected chi connectivity index (χ1v) is 5.79. The van der Waals surface area contributed by atoms with Crippen molar-refractivity contribution in [3.05, 3.63) is 29.8 Å². The smallest absolute Gasteiger partial charge is 0.790 e. The fourth-order valence-electron chi connectivity index (χ4n) is 0.943. The van der Waals surface area contributed by atoms with Gasteiger partial charge in [-0.3, -0.25) is 0 Å². The zero-order valence-electron chi connectivity index (χ0n) is 10.2. The largest absolute Gasteiger partial charge is 1.00 e. The van der Waals surface area contributed by atoms with Gasteiger partial charge in [0.1, 0.15) is 12.4 Å². The van der Waals surface area contributed by atoms with Gasteiger partial charge in [-0.05, 0) is 19.1 Å². The second-order valence-corrected chi connectivity index (χ2v) is 4.09. The van der Waals surface area contributed by atoms with Crippen molar-refractivity contribution in [1.82, 2.24) is 0 Å². The Balaban J connectivity index is 0.